The summed E-state index contributed by atoms with van der Waals surface area (Å²) in [7, 11) is 1.40. The Balaban J connectivity index is 1.81. The number of hydrogen-bond acceptors (Lipinski definition) is 6. The van der Waals surface area contributed by atoms with Gasteiger partial charge in [0.15, 0.2) is 6.61 Å². The molecule has 160 valence electrons. The lowest BCUT2D eigenvalue weighted by atomic mass is 10.2. The van der Waals surface area contributed by atoms with E-state index in [1.165, 1.54) is 19.2 Å². The number of hydrazine groups is 1. The van der Waals surface area contributed by atoms with E-state index >= 15 is 0 Å². The van der Waals surface area contributed by atoms with Crippen LogP contribution in [0.2, 0.25) is 5.02 Å². The van der Waals surface area contributed by atoms with Gasteiger partial charge in [-0.05, 0) is 48.4 Å². The number of ether oxygens (including phenoxy) is 3. The summed E-state index contributed by atoms with van der Waals surface area (Å²) < 4.78 is 15.6. The highest BCUT2D eigenvalue weighted by atomic mass is 35.5. The van der Waals surface area contributed by atoms with E-state index in [4.69, 9.17) is 25.8 Å². The molecule has 0 heterocycles. The molecule has 2 amide bonds. The second-order valence-corrected chi connectivity index (χ2v) is 7.09. The van der Waals surface area contributed by atoms with Gasteiger partial charge in [-0.1, -0.05) is 25.4 Å². The fraction of sp³-hybridized carbons (Fsp3) is 0.286. The smallest absolute Gasteiger partial charge is 0.338 e. The Morgan fingerprint density at radius 2 is 1.73 bits per heavy atom. The van der Waals surface area contributed by atoms with Gasteiger partial charge in [-0.2, -0.15) is 0 Å². The molecule has 0 aliphatic rings. The lowest BCUT2D eigenvalue weighted by Crippen LogP contribution is -2.43. The molecule has 0 radical (unpaired) electrons. The lowest BCUT2D eigenvalue weighted by Gasteiger charge is -2.11. The summed E-state index contributed by atoms with van der Waals surface area (Å²) in [5.74, 6) is -0.715. The monoisotopic (exact) mass is 434 g/mol. The molecular formula is C21H23ClN2O6. The standard InChI is InChI=1S/C21H23ClN2O6/c1-13(2)11-29-16-7-4-14(5-8-16)21(27)30-12-19(25)23-24-20(26)17-10-15(22)6-9-18(17)28-3/h4-10,13H,11-12H2,1-3H3,(H,23,25)(H,24,26). The van der Waals surface area contributed by atoms with Crippen molar-refractivity contribution in [2.45, 2.75) is 13.8 Å². The van der Waals surface area contributed by atoms with Crippen LogP contribution in [0.25, 0.3) is 0 Å². The predicted octanol–water partition coefficient (Wildman–Crippen LogP) is 3.00. The van der Waals surface area contributed by atoms with Crippen LogP contribution in [0.3, 0.4) is 0 Å². The second-order valence-electron chi connectivity index (χ2n) is 6.65. The molecule has 0 fully saturated rings. The first-order chi connectivity index (χ1) is 14.3. The van der Waals surface area contributed by atoms with E-state index in [1.807, 2.05) is 13.8 Å². The molecule has 0 saturated carbocycles. The van der Waals surface area contributed by atoms with E-state index in [0.29, 0.717) is 29.0 Å². The van der Waals surface area contributed by atoms with Gasteiger partial charge < -0.3 is 14.2 Å². The SMILES string of the molecule is COc1ccc(Cl)cc1C(=O)NNC(=O)COC(=O)c1ccc(OCC(C)C)cc1. The molecule has 2 aromatic rings. The van der Waals surface area contributed by atoms with Crippen LogP contribution in [-0.2, 0) is 9.53 Å². The summed E-state index contributed by atoms with van der Waals surface area (Å²) in [6.45, 7) is 4.06. The third kappa shape index (κ3) is 6.97. The molecule has 8 nitrogen and oxygen atoms in total. The Hall–Kier alpha value is -3.26. The summed E-state index contributed by atoms with van der Waals surface area (Å²) in [5, 5.41) is 0.335. The Bertz CT molecular complexity index is 899. The van der Waals surface area contributed by atoms with Gasteiger partial charge in [0.2, 0.25) is 0 Å². The number of esters is 1. The number of rotatable bonds is 8. The number of nitrogens with one attached hydrogen (secondary N) is 2. The summed E-state index contributed by atoms with van der Waals surface area (Å²) in [5.41, 5.74) is 4.78. The third-order valence-corrected chi connectivity index (χ3v) is 3.96. The van der Waals surface area contributed by atoms with E-state index < -0.39 is 24.4 Å². The van der Waals surface area contributed by atoms with E-state index in [9.17, 15) is 14.4 Å². The fourth-order valence-corrected chi connectivity index (χ4v) is 2.42. The average Bonchev–Trinajstić information content (AvgIpc) is 2.74. The number of amides is 2. The van der Waals surface area contributed by atoms with Crippen LogP contribution in [0.1, 0.15) is 34.6 Å². The highest BCUT2D eigenvalue weighted by Gasteiger charge is 2.15. The number of benzene rings is 2. The predicted molar refractivity (Wildman–Crippen MR) is 111 cm³/mol. The van der Waals surface area contributed by atoms with Crippen LogP contribution in [-0.4, -0.2) is 38.1 Å². The number of halogens is 1. The van der Waals surface area contributed by atoms with Gasteiger partial charge in [-0.15, -0.1) is 0 Å². The Morgan fingerprint density at radius 3 is 2.37 bits per heavy atom. The molecule has 2 N–H and O–H groups in total. The van der Waals surface area contributed by atoms with E-state index in [2.05, 4.69) is 10.9 Å². The van der Waals surface area contributed by atoms with Crippen LogP contribution in [0.4, 0.5) is 0 Å². The number of hydrogen-bond donors (Lipinski definition) is 2. The molecule has 2 rings (SSSR count). The van der Waals surface area contributed by atoms with Crippen LogP contribution >= 0.6 is 11.6 Å². The van der Waals surface area contributed by atoms with Crippen molar-refractivity contribution in [1.82, 2.24) is 10.9 Å². The second kappa shape index (κ2) is 11.1. The molecule has 0 saturated heterocycles. The minimum atomic E-state index is -0.713. The topological polar surface area (TPSA) is 103 Å². The summed E-state index contributed by atoms with van der Waals surface area (Å²) in [6.07, 6.45) is 0. The van der Waals surface area contributed by atoms with Gasteiger partial charge in [0.1, 0.15) is 11.5 Å². The first-order valence-electron chi connectivity index (χ1n) is 9.13. The largest absolute Gasteiger partial charge is 0.496 e. The lowest BCUT2D eigenvalue weighted by molar-refractivity contribution is -0.125. The van der Waals surface area contributed by atoms with Crippen molar-refractivity contribution >= 4 is 29.4 Å². The molecule has 30 heavy (non-hydrogen) atoms. The zero-order valence-corrected chi connectivity index (χ0v) is 17.6. The molecule has 0 unspecified atom stereocenters. The first kappa shape index (κ1) is 23.0. The molecule has 2 aromatic carbocycles. The fourth-order valence-electron chi connectivity index (χ4n) is 2.25. The van der Waals surface area contributed by atoms with Gasteiger partial charge in [-0.3, -0.25) is 20.4 Å². The maximum absolute atomic E-state index is 12.2. The van der Waals surface area contributed by atoms with Crippen LogP contribution in [0, 0.1) is 5.92 Å². The molecule has 0 spiro atoms. The highest BCUT2D eigenvalue weighted by molar-refractivity contribution is 6.31. The summed E-state index contributed by atoms with van der Waals surface area (Å²) in [4.78, 5) is 36.1. The van der Waals surface area contributed by atoms with Crippen molar-refractivity contribution in [2.24, 2.45) is 5.92 Å². The Labute approximate surface area is 179 Å². The minimum Gasteiger partial charge on any atom is -0.496 e. The molecule has 0 atom stereocenters. The van der Waals surface area contributed by atoms with Crippen LogP contribution < -0.4 is 20.3 Å². The van der Waals surface area contributed by atoms with E-state index in [1.54, 1.807) is 30.3 Å². The van der Waals surface area contributed by atoms with Crippen molar-refractivity contribution < 1.29 is 28.6 Å². The quantitative estimate of drug-likeness (QED) is 0.489. The van der Waals surface area contributed by atoms with Gasteiger partial charge in [0.25, 0.3) is 11.8 Å². The van der Waals surface area contributed by atoms with Gasteiger partial charge in [0.05, 0.1) is 24.8 Å². The van der Waals surface area contributed by atoms with Crippen LogP contribution in [0.5, 0.6) is 11.5 Å². The molecule has 9 heteroatoms. The van der Waals surface area contributed by atoms with E-state index in [-0.39, 0.29) is 11.1 Å². The number of carbonyl (C=O) groups excluding carboxylic acids is 3. The normalized spacial score (nSPS) is 10.3. The average molecular weight is 435 g/mol. The van der Waals surface area contributed by atoms with Crippen molar-refractivity contribution in [3.63, 3.8) is 0 Å². The third-order valence-electron chi connectivity index (χ3n) is 3.73. The highest BCUT2D eigenvalue weighted by Crippen LogP contribution is 2.22. The van der Waals surface area contributed by atoms with Gasteiger partial charge in [-0.25, -0.2) is 4.79 Å². The Kier molecular flexibility index (Phi) is 8.49. The van der Waals surface area contributed by atoms with Gasteiger partial charge >= 0.3 is 5.97 Å². The zero-order valence-electron chi connectivity index (χ0n) is 16.9. The molecular weight excluding hydrogens is 412 g/mol. The van der Waals surface area contributed by atoms with Crippen molar-refractivity contribution in [3.8, 4) is 11.5 Å². The molecule has 0 aromatic heterocycles. The number of methoxy groups -OCH3 is 1. The first-order valence-corrected chi connectivity index (χ1v) is 9.50. The summed E-state index contributed by atoms with van der Waals surface area (Å²) in [6, 6.07) is 10.9. The van der Waals surface area contributed by atoms with Crippen molar-refractivity contribution in [2.75, 3.05) is 20.3 Å². The van der Waals surface area contributed by atoms with Crippen molar-refractivity contribution in [1.29, 1.82) is 0 Å². The van der Waals surface area contributed by atoms with Crippen LogP contribution in [0.15, 0.2) is 42.5 Å². The van der Waals surface area contributed by atoms with E-state index in [0.717, 1.165) is 0 Å². The summed E-state index contributed by atoms with van der Waals surface area (Å²) >= 11 is 5.88. The molecule has 0 aliphatic heterocycles. The molecule has 0 aliphatic carbocycles. The number of carbonyl (C=O) groups is 3. The maximum atomic E-state index is 12.2. The van der Waals surface area contributed by atoms with Gasteiger partial charge in [0, 0.05) is 5.02 Å². The molecule has 0 bridgehead atoms. The zero-order chi connectivity index (χ0) is 22.1. The minimum absolute atomic E-state index is 0.141. The van der Waals surface area contributed by atoms with Crippen molar-refractivity contribution in [3.05, 3.63) is 58.6 Å². The Morgan fingerprint density at radius 1 is 1.03 bits per heavy atom. The maximum Gasteiger partial charge on any atom is 0.338 e.